The van der Waals surface area contributed by atoms with Gasteiger partial charge in [-0.2, -0.15) is 8.42 Å². The molecule has 1 aliphatic heterocycles. The van der Waals surface area contributed by atoms with Crippen LogP contribution < -0.4 is 14.4 Å². The minimum absolute atomic E-state index is 0.0990. The lowest BCUT2D eigenvalue weighted by molar-refractivity contribution is 0.102. The lowest BCUT2D eigenvalue weighted by Gasteiger charge is -2.17. The highest BCUT2D eigenvalue weighted by molar-refractivity contribution is 7.94. The van der Waals surface area contributed by atoms with Gasteiger partial charge in [0.05, 0.1) is 18.4 Å². The Morgan fingerprint density at radius 3 is 2.71 bits per heavy atom. The topological polar surface area (TPSA) is 101 Å². The molecule has 0 radical (unpaired) electrons. The van der Waals surface area contributed by atoms with E-state index in [-0.39, 0.29) is 9.47 Å². The van der Waals surface area contributed by atoms with E-state index in [1.54, 1.807) is 36.4 Å². The summed E-state index contributed by atoms with van der Waals surface area (Å²) in [6.07, 6.45) is 0.644. The van der Waals surface area contributed by atoms with E-state index in [1.165, 1.54) is 11.4 Å². The average Bonchev–Trinajstić information content (AvgIpc) is 3.35. The molecule has 0 bridgehead atoms. The predicted molar refractivity (Wildman–Crippen MR) is 106 cm³/mol. The number of fused-ring (bicyclic) bond motifs is 1. The monoisotopic (exact) mass is 416 g/mol. The number of nitrogens with one attached hydrogen (secondary N) is 1. The smallest absolute Gasteiger partial charge is 0.293 e. The van der Waals surface area contributed by atoms with Gasteiger partial charge in [-0.15, -0.1) is 10.2 Å². The van der Waals surface area contributed by atoms with Gasteiger partial charge < -0.3 is 4.74 Å². The molecule has 144 valence electrons. The average molecular weight is 416 g/mol. The van der Waals surface area contributed by atoms with E-state index in [0.29, 0.717) is 30.0 Å². The van der Waals surface area contributed by atoms with Crippen molar-refractivity contribution in [3.05, 3.63) is 59.7 Å². The van der Waals surface area contributed by atoms with Crippen molar-refractivity contribution >= 4 is 38.1 Å². The van der Waals surface area contributed by atoms with Gasteiger partial charge in [-0.3, -0.25) is 14.4 Å². The van der Waals surface area contributed by atoms with Crippen LogP contribution in [0.4, 0.5) is 10.8 Å². The first-order valence-corrected chi connectivity index (χ1v) is 10.6. The van der Waals surface area contributed by atoms with Crippen molar-refractivity contribution in [2.75, 3.05) is 23.3 Å². The molecule has 0 saturated heterocycles. The molecule has 0 spiro atoms. The van der Waals surface area contributed by atoms with E-state index in [9.17, 15) is 13.2 Å². The molecule has 0 aliphatic carbocycles. The molecule has 3 aromatic rings. The molecule has 8 nitrogen and oxygen atoms in total. The third kappa shape index (κ3) is 3.20. The summed E-state index contributed by atoms with van der Waals surface area (Å²) >= 11 is 0.813. The first-order valence-electron chi connectivity index (χ1n) is 8.39. The number of carbonyl (C=O) groups is 1. The van der Waals surface area contributed by atoms with Crippen LogP contribution in [-0.4, -0.2) is 38.2 Å². The number of anilines is 2. The SMILES string of the molecule is COc1ccccc1C(=O)Nc1nnc(S(=O)(=O)N2CCc3ccccc32)s1. The Hall–Kier alpha value is -2.98. The number of carbonyl (C=O) groups excluding carboxylic acids is 1. The number of amides is 1. The maximum absolute atomic E-state index is 13.0. The van der Waals surface area contributed by atoms with Gasteiger partial charge in [-0.25, -0.2) is 0 Å². The quantitative estimate of drug-likeness (QED) is 0.642. The minimum Gasteiger partial charge on any atom is -0.496 e. The molecule has 28 heavy (non-hydrogen) atoms. The summed E-state index contributed by atoms with van der Waals surface area (Å²) in [4.78, 5) is 12.5. The van der Waals surface area contributed by atoms with Gasteiger partial charge >= 0.3 is 0 Å². The molecule has 1 N–H and O–H groups in total. The van der Waals surface area contributed by atoms with E-state index in [1.807, 2.05) is 12.1 Å². The highest BCUT2D eigenvalue weighted by atomic mass is 32.2. The van der Waals surface area contributed by atoms with Gasteiger partial charge in [-0.1, -0.05) is 41.7 Å². The van der Waals surface area contributed by atoms with Gasteiger partial charge in [0.2, 0.25) is 5.13 Å². The number of rotatable bonds is 5. The van der Waals surface area contributed by atoms with Crippen LogP contribution in [0.15, 0.2) is 52.9 Å². The van der Waals surface area contributed by atoms with Crippen molar-refractivity contribution in [2.24, 2.45) is 0 Å². The van der Waals surface area contributed by atoms with E-state index >= 15 is 0 Å². The van der Waals surface area contributed by atoms with Crippen molar-refractivity contribution in [1.29, 1.82) is 0 Å². The molecule has 0 atom stereocenters. The molecule has 1 aliphatic rings. The molecule has 2 heterocycles. The van der Waals surface area contributed by atoms with Crippen LogP contribution >= 0.6 is 11.3 Å². The Bertz CT molecular complexity index is 1140. The minimum atomic E-state index is -3.84. The molecule has 1 aromatic heterocycles. The molecular weight excluding hydrogens is 400 g/mol. The lowest BCUT2D eigenvalue weighted by Crippen LogP contribution is -2.29. The number of para-hydroxylation sites is 2. The third-order valence-corrected chi connectivity index (χ3v) is 7.33. The summed E-state index contributed by atoms with van der Waals surface area (Å²) in [5.74, 6) is -0.0462. The van der Waals surface area contributed by atoms with Crippen LogP contribution in [0.2, 0.25) is 0 Å². The van der Waals surface area contributed by atoms with E-state index in [4.69, 9.17) is 4.74 Å². The molecular formula is C18H16N4O4S2. The largest absolute Gasteiger partial charge is 0.496 e. The summed E-state index contributed by atoms with van der Waals surface area (Å²) in [5.41, 5.74) is 1.94. The van der Waals surface area contributed by atoms with Gasteiger partial charge in [0, 0.05) is 6.54 Å². The van der Waals surface area contributed by atoms with E-state index in [0.717, 1.165) is 16.9 Å². The summed E-state index contributed by atoms with van der Waals surface area (Å²) in [6.45, 7) is 0.351. The van der Waals surface area contributed by atoms with E-state index < -0.39 is 15.9 Å². The Kier molecular flexibility index (Phi) is 4.73. The fraction of sp³-hybridized carbons (Fsp3) is 0.167. The fourth-order valence-corrected chi connectivity index (χ4v) is 5.51. The van der Waals surface area contributed by atoms with Crippen molar-refractivity contribution < 1.29 is 17.9 Å². The molecule has 1 amide bonds. The van der Waals surface area contributed by atoms with Gasteiger partial charge in [0.25, 0.3) is 20.3 Å². The van der Waals surface area contributed by atoms with Gasteiger partial charge in [0.1, 0.15) is 5.75 Å². The van der Waals surface area contributed by atoms with Crippen LogP contribution in [0.5, 0.6) is 5.75 Å². The Morgan fingerprint density at radius 1 is 1.14 bits per heavy atom. The summed E-state index contributed by atoms with van der Waals surface area (Å²) in [5, 5.41) is 10.3. The maximum Gasteiger partial charge on any atom is 0.293 e. The number of aromatic nitrogens is 2. The molecule has 2 aromatic carbocycles. The highest BCUT2D eigenvalue weighted by Gasteiger charge is 2.33. The number of hydrogen-bond acceptors (Lipinski definition) is 7. The second-order valence-corrected chi connectivity index (χ2v) is 9.00. The molecule has 0 unspecified atom stereocenters. The first kappa shape index (κ1) is 18.4. The van der Waals surface area contributed by atoms with Crippen molar-refractivity contribution in [3.8, 4) is 5.75 Å². The zero-order valence-corrected chi connectivity index (χ0v) is 16.5. The van der Waals surface area contributed by atoms with Crippen LogP contribution in [-0.2, 0) is 16.4 Å². The van der Waals surface area contributed by atoms with Crippen molar-refractivity contribution in [2.45, 2.75) is 10.8 Å². The summed E-state index contributed by atoms with van der Waals surface area (Å²) in [6, 6.07) is 14.1. The number of ether oxygens (including phenoxy) is 1. The van der Waals surface area contributed by atoms with Crippen LogP contribution in [0, 0.1) is 0 Å². The number of nitrogens with zero attached hydrogens (tertiary/aromatic N) is 3. The van der Waals surface area contributed by atoms with Crippen LogP contribution in [0.3, 0.4) is 0 Å². The van der Waals surface area contributed by atoms with Crippen molar-refractivity contribution in [1.82, 2.24) is 10.2 Å². The Morgan fingerprint density at radius 2 is 1.89 bits per heavy atom. The van der Waals surface area contributed by atoms with E-state index in [2.05, 4.69) is 15.5 Å². The van der Waals surface area contributed by atoms with Crippen LogP contribution in [0.1, 0.15) is 15.9 Å². The Labute approximate surface area is 165 Å². The van der Waals surface area contributed by atoms with Gasteiger partial charge in [-0.05, 0) is 30.2 Å². The zero-order valence-electron chi connectivity index (χ0n) is 14.8. The molecule has 0 fully saturated rings. The molecule has 10 heteroatoms. The first-order chi connectivity index (χ1) is 13.5. The normalized spacial score (nSPS) is 13.2. The highest BCUT2D eigenvalue weighted by Crippen LogP contribution is 2.34. The van der Waals surface area contributed by atoms with Gasteiger partial charge in [0.15, 0.2) is 0 Å². The van der Waals surface area contributed by atoms with Crippen molar-refractivity contribution in [3.63, 3.8) is 0 Å². The number of sulfonamides is 1. The number of benzene rings is 2. The third-order valence-electron chi connectivity index (χ3n) is 4.33. The number of hydrogen-bond donors (Lipinski definition) is 1. The number of methoxy groups -OCH3 is 1. The Balaban J connectivity index is 1.57. The van der Waals surface area contributed by atoms with Crippen LogP contribution in [0.25, 0.3) is 0 Å². The standard InChI is InChI=1S/C18H16N4O4S2/c1-26-15-9-5-3-7-13(15)16(23)19-17-20-21-18(27-17)28(24,25)22-11-10-12-6-2-4-8-14(12)22/h2-9H,10-11H2,1H3,(H,19,20,23). The lowest BCUT2D eigenvalue weighted by atomic mass is 10.2. The predicted octanol–water partition coefficient (Wildman–Crippen LogP) is 2.55. The fourth-order valence-electron chi connectivity index (χ4n) is 3.01. The second kappa shape index (κ2) is 7.21. The summed E-state index contributed by atoms with van der Waals surface area (Å²) in [7, 11) is -2.37. The molecule has 0 saturated carbocycles. The zero-order chi connectivity index (χ0) is 19.7. The second-order valence-electron chi connectivity index (χ2n) is 5.98. The molecule has 4 rings (SSSR count). The maximum atomic E-state index is 13.0. The summed E-state index contributed by atoms with van der Waals surface area (Å²) < 4.78 is 32.3.